The Bertz CT molecular complexity index is 1440. The highest BCUT2D eigenvalue weighted by molar-refractivity contribution is 5.78. The summed E-state index contributed by atoms with van der Waals surface area (Å²) in [6.07, 6.45) is 0.343. The molecule has 0 saturated carbocycles. The molecule has 0 aliphatic carbocycles. The van der Waals surface area contributed by atoms with Crippen molar-refractivity contribution < 1.29 is 28.6 Å². The maximum Gasteiger partial charge on any atom is 0.327 e. The summed E-state index contributed by atoms with van der Waals surface area (Å²) in [7, 11) is 0. The summed E-state index contributed by atoms with van der Waals surface area (Å²) < 4.78 is 17.2. The van der Waals surface area contributed by atoms with Crippen LogP contribution in [0.15, 0.2) is 77.2 Å². The number of aromatic nitrogens is 1. The molecule has 8 nitrogen and oxygen atoms in total. The van der Waals surface area contributed by atoms with Crippen molar-refractivity contribution in [2.45, 2.75) is 52.2 Å². The van der Waals surface area contributed by atoms with Crippen LogP contribution in [0, 0.1) is 6.92 Å². The van der Waals surface area contributed by atoms with Gasteiger partial charge in [-0.25, -0.2) is 9.78 Å². The van der Waals surface area contributed by atoms with Crippen molar-refractivity contribution in [2.75, 3.05) is 6.61 Å². The summed E-state index contributed by atoms with van der Waals surface area (Å²) >= 11 is 0. The van der Waals surface area contributed by atoms with E-state index in [1.807, 2.05) is 49.4 Å². The summed E-state index contributed by atoms with van der Waals surface area (Å²) in [5.74, 6) is 0.269. The van der Waals surface area contributed by atoms with Gasteiger partial charge >= 0.3 is 11.9 Å². The molecule has 0 spiro atoms. The minimum Gasteiger partial charge on any atom is -0.493 e. The van der Waals surface area contributed by atoms with Gasteiger partial charge in [0.1, 0.15) is 17.6 Å². The molecule has 0 bridgehead atoms. The van der Waals surface area contributed by atoms with Crippen molar-refractivity contribution in [3.8, 4) is 28.3 Å². The predicted molar refractivity (Wildman–Crippen MR) is 152 cm³/mol. The largest absolute Gasteiger partial charge is 0.493 e. The van der Waals surface area contributed by atoms with Crippen molar-refractivity contribution in [3.05, 3.63) is 95.4 Å². The van der Waals surface area contributed by atoms with Crippen LogP contribution in [0.25, 0.3) is 22.6 Å². The maximum absolute atomic E-state index is 12.5. The first-order chi connectivity index (χ1) is 19.2. The number of hydrogen-bond acceptors (Lipinski definition) is 7. The van der Waals surface area contributed by atoms with E-state index in [4.69, 9.17) is 24.7 Å². The van der Waals surface area contributed by atoms with Crippen LogP contribution in [-0.2, 0) is 27.2 Å². The number of esters is 1. The van der Waals surface area contributed by atoms with Crippen LogP contribution in [0.1, 0.15) is 48.9 Å². The van der Waals surface area contributed by atoms with Crippen LogP contribution in [0.4, 0.5) is 0 Å². The van der Waals surface area contributed by atoms with Gasteiger partial charge in [0.25, 0.3) is 0 Å². The number of nitrogens with zero attached hydrogens (tertiary/aromatic N) is 1. The van der Waals surface area contributed by atoms with Crippen molar-refractivity contribution in [3.63, 3.8) is 0 Å². The number of aryl methyl sites for hydroxylation is 2. The fraction of sp³-hybridized carbons (Fsp3) is 0.281. The van der Waals surface area contributed by atoms with Crippen LogP contribution >= 0.6 is 0 Å². The highest BCUT2D eigenvalue weighted by Gasteiger charge is 2.23. The normalized spacial score (nSPS) is 11.8. The molecule has 4 rings (SSSR count). The van der Waals surface area contributed by atoms with E-state index >= 15 is 0 Å². The van der Waals surface area contributed by atoms with Gasteiger partial charge in [-0.1, -0.05) is 48.5 Å². The fourth-order valence-corrected chi connectivity index (χ4v) is 4.34. The summed E-state index contributed by atoms with van der Waals surface area (Å²) in [5.41, 5.74) is 11.3. The molecule has 1 atom stereocenters. The van der Waals surface area contributed by atoms with Crippen LogP contribution in [0.3, 0.4) is 0 Å². The Labute approximate surface area is 233 Å². The molecule has 40 heavy (non-hydrogen) atoms. The van der Waals surface area contributed by atoms with Crippen molar-refractivity contribution in [1.29, 1.82) is 0 Å². The zero-order chi connectivity index (χ0) is 28.6. The molecule has 3 aromatic carbocycles. The number of carboxylic acids is 1. The third-order valence-electron chi connectivity index (χ3n) is 6.41. The number of oxazole rings is 1. The number of carbonyl (C=O) groups is 2. The highest BCUT2D eigenvalue weighted by Crippen LogP contribution is 2.28. The molecule has 1 aromatic heterocycles. The highest BCUT2D eigenvalue weighted by atomic mass is 16.5. The Morgan fingerprint density at radius 1 is 0.950 bits per heavy atom. The average molecular weight is 543 g/mol. The minimum atomic E-state index is -1.05. The first-order valence-corrected chi connectivity index (χ1v) is 13.3. The lowest BCUT2D eigenvalue weighted by Crippen LogP contribution is -2.27. The Morgan fingerprint density at radius 3 is 2.30 bits per heavy atom. The van der Waals surface area contributed by atoms with E-state index in [-0.39, 0.29) is 18.9 Å². The number of carboxylic acid groups (broad SMARTS) is 1. The Kier molecular flexibility index (Phi) is 9.35. The third-order valence-corrected chi connectivity index (χ3v) is 6.41. The second-order valence-electron chi connectivity index (χ2n) is 9.78. The van der Waals surface area contributed by atoms with E-state index in [1.54, 1.807) is 32.0 Å². The smallest absolute Gasteiger partial charge is 0.327 e. The van der Waals surface area contributed by atoms with Gasteiger partial charge in [0.15, 0.2) is 0 Å². The van der Waals surface area contributed by atoms with Crippen molar-refractivity contribution in [2.24, 2.45) is 5.73 Å². The summed E-state index contributed by atoms with van der Waals surface area (Å²) in [6, 6.07) is 22.4. The lowest BCUT2D eigenvalue weighted by Gasteiger charge is -2.18. The van der Waals surface area contributed by atoms with Crippen molar-refractivity contribution >= 4 is 11.9 Å². The number of hydrogen-bond donors (Lipinski definition) is 2. The van der Waals surface area contributed by atoms with E-state index < -0.39 is 18.0 Å². The maximum atomic E-state index is 12.5. The second kappa shape index (κ2) is 13.1. The molecular formula is C32H34N2O6. The minimum absolute atomic E-state index is 0.0814. The van der Waals surface area contributed by atoms with Crippen LogP contribution in [0.2, 0.25) is 0 Å². The molecule has 0 radical (unpaired) electrons. The lowest BCUT2D eigenvalue weighted by molar-refractivity contribution is -0.149. The van der Waals surface area contributed by atoms with Crippen LogP contribution < -0.4 is 10.5 Å². The Balaban J connectivity index is 1.43. The standard InChI is InChI=1S/C32H34N2O6/c1-20(2)39-32(37)30(33)27-19-26(15-13-24(27)14-16-29(35)36)38-18-17-28-21(3)40-31(34-28)25-11-9-23(10-12-25)22-7-5-4-6-8-22/h4-13,15,19-20,30H,14,16-18,33H2,1-3H3,(H,35,36). The Hall–Kier alpha value is -4.43. The second-order valence-corrected chi connectivity index (χ2v) is 9.78. The van der Waals surface area contributed by atoms with E-state index in [2.05, 4.69) is 17.1 Å². The summed E-state index contributed by atoms with van der Waals surface area (Å²) in [5, 5.41) is 9.11. The molecule has 4 aromatic rings. The van der Waals surface area contributed by atoms with Crippen LogP contribution in [0.5, 0.6) is 5.75 Å². The third kappa shape index (κ3) is 7.36. The molecule has 3 N–H and O–H groups in total. The van der Waals surface area contributed by atoms with Gasteiger partial charge < -0.3 is 24.7 Å². The van der Waals surface area contributed by atoms with E-state index in [9.17, 15) is 9.59 Å². The number of aliphatic carboxylic acids is 1. The van der Waals surface area contributed by atoms with Gasteiger partial charge in [-0.05, 0) is 73.7 Å². The molecule has 0 aliphatic rings. The molecule has 1 heterocycles. The average Bonchev–Trinajstić information content (AvgIpc) is 3.32. The lowest BCUT2D eigenvalue weighted by atomic mass is 9.97. The molecule has 208 valence electrons. The molecular weight excluding hydrogens is 508 g/mol. The molecule has 1 unspecified atom stereocenters. The molecule has 0 saturated heterocycles. The van der Waals surface area contributed by atoms with Crippen LogP contribution in [-0.4, -0.2) is 34.7 Å². The molecule has 0 aliphatic heterocycles. The van der Waals surface area contributed by atoms with E-state index in [0.29, 0.717) is 41.6 Å². The first kappa shape index (κ1) is 28.6. The first-order valence-electron chi connectivity index (χ1n) is 13.3. The quantitative estimate of drug-likeness (QED) is 0.212. The van der Waals surface area contributed by atoms with Crippen molar-refractivity contribution in [1.82, 2.24) is 4.98 Å². The topological polar surface area (TPSA) is 125 Å². The number of ether oxygens (including phenoxy) is 2. The summed E-state index contributed by atoms with van der Waals surface area (Å²) in [6.45, 7) is 5.68. The van der Waals surface area contributed by atoms with Gasteiger partial charge in [-0.2, -0.15) is 0 Å². The van der Waals surface area contributed by atoms with Gasteiger partial charge in [-0.3, -0.25) is 4.79 Å². The monoisotopic (exact) mass is 542 g/mol. The van der Waals surface area contributed by atoms with Gasteiger partial charge in [0.2, 0.25) is 5.89 Å². The fourth-order valence-electron chi connectivity index (χ4n) is 4.34. The predicted octanol–water partition coefficient (Wildman–Crippen LogP) is 5.91. The number of benzene rings is 3. The molecule has 8 heteroatoms. The zero-order valence-corrected chi connectivity index (χ0v) is 22.9. The number of rotatable bonds is 12. The number of carbonyl (C=O) groups excluding carboxylic acids is 1. The molecule has 0 amide bonds. The van der Waals surface area contributed by atoms with Gasteiger partial charge in [-0.15, -0.1) is 0 Å². The number of nitrogens with two attached hydrogens (primary N) is 1. The van der Waals surface area contributed by atoms with Gasteiger partial charge in [0.05, 0.1) is 18.4 Å². The zero-order valence-electron chi connectivity index (χ0n) is 22.9. The van der Waals surface area contributed by atoms with E-state index in [1.165, 1.54) is 0 Å². The SMILES string of the molecule is Cc1oc(-c2ccc(-c3ccccc3)cc2)nc1CCOc1ccc(CCC(=O)O)c(C(N)C(=O)OC(C)C)c1. The Morgan fingerprint density at radius 2 is 1.62 bits per heavy atom. The van der Waals surface area contributed by atoms with Gasteiger partial charge in [0, 0.05) is 18.4 Å². The van der Waals surface area contributed by atoms with E-state index in [0.717, 1.165) is 22.4 Å². The molecule has 0 fully saturated rings. The summed E-state index contributed by atoms with van der Waals surface area (Å²) in [4.78, 5) is 28.3.